The van der Waals surface area contributed by atoms with Crippen molar-refractivity contribution in [2.75, 3.05) is 13.1 Å². The van der Waals surface area contributed by atoms with E-state index in [-0.39, 0.29) is 12.5 Å². The Morgan fingerprint density at radius 2 is 2.00 bits per heavy atom. The van der Waals surface area contributed by atoms with Gasteiger partial charge in [-0.1, -0.05) is 0 Å². The molecule has 1 atom stereocenters. The van der Waals surface area contributed by atoms with Gasteiger partial charge in [0.25, 0.3) is 0 Å². The Kier molecular flexibility index (Phi) is 6.11. The summed E-state index contributed by atoms with van der Waals surface area (Å²) in [5.74, 6) is -1.31. The number of hydrogen-bond acceptors (Lipinski definition) is 3. The van der Waals surface area contributed by atoms with Crippen LogP contribution >= 0.6 is 0 Å². The molecular formula is C12H21N3O4. The highest BCUT2D eigenvalue weighted by Gasteiger charge is 2.30. The lowest BCUT2D eigenvalue weighted by atomic mass is 10.0. The molecule has 0 aromatic rings. The number of nitrogens with two attached hydrogens (primary N) is 1. The molecule has 1 saturated heterocycles. The average molecular weight is 271 g/mol. The minimum atomic E-state index is -0.837. The first-order valence-corrected chi connectivity index (χ1v) is 6.58. The molecule has 1 aliphatic rings. The second-order valence-corrected chi connectivity index (χ2v) is 4.69. The SMILES string of the molecule is NC(=O)C1CCCCN1C(=O)NCCCCC(=O)O. The molecule has 0 radical (unpaired) electrons. The summed E-state index contributed by atoms with van der Waals surface area (Å²) in [5, 5.41) is 11.2. The van der Waals surface area contributed by atoms with Crippen molar-refractivity contribution >= 4 is 17.9 Å². The van der Waals surface area contributed by atoms with E-state index in [4.69, 9.17) is 10.8 Å². The van der Waals surface area contributed by atoms with Crippen molar-refractivity contribution in [3.8, 4) is 0 Å². The summed E-state index contributed by atoms with van der Waals surface area (Å²) in [5.41, 5.74) is 5.28. The molecule has 1 fully saturated rings. The van der Waals surface area contributed by atoms with Crippen LogP contribution in [-0.2, 0) is 9.59 Å². The van der Waals surface area contributed by atoms with Gasteiger partial charge in [0.15, 0.2) is 0 Å². The Morgan fingerprint density at radius 3 is 2.63 bits per heavy atom. The largest absolute Gasteiger partial charge is 0.481 e. The predicted octanol–water partition coefficient (Wildman–Crippen LogP) is 0.291. The molecule has 3 amide bonds. The molecule has 7 heteroatoms. The highest BCUT2D eigenvalue weighted by molar-refractivity contribution is 5.86. The molecule has 0 saturated carbocycles. The van der Waals surface area contributed by atoms with Crippen molar-refractivity contribution in [2.45, 2.75) is 44.6 Å². The number of carboxylic acid groups (broad SMARTS) is 1. The van der Waals surface area contributed by atoms with Crippen molar-refractivity contribution in [3.05, 3.63) is 0 Å². The summed E-state index contributed by atoms with van der Waals surface area (Å²) in [6.45, 7) is 0.947. The second-order valence-electron chi connectivity index (χ2n) is 4.69. The predicted molar refractivity (Wildman–Crippen MR) is 68.4 cm³/mol. The maximum absolute atomic E-state index is 11.9. The number of carbonyl (C=O) groups excluding carboxylic acids is 2. The first-order valence-electron chi connectivity index (χ1n) is 6.58. The van der Waals surface area contributed by atoms with Crippen LogP contribution < -0.4 is 11.1 Å². The third kappa shape index (κ3) is 5.15. The molecule has 0 bridgehead atoms. The van der Waals surface area contributed by atoms with Crippen molar-refractivity contribution in [1.82, 2.24) is 10.2 Å². The van der Waals surface area contributed by atoms with Gasteiger partial charge in [0.05, 0.1) is 0 Å². The van der Waals surface area contributed by atoms with Crippen LogP contribution in [0.1, 0.15) is 38.5 Å². The number of aliphatic carboxylic acids is 1. The standard InChI is InChI=1S/C12H21N3O4/c13-11(18)9-5-2-4-8-15(9)12(19)14-7-3-1-6-10(16)17/h9H,1-8H2,(H2,13,18)(H,14,19)(H,16,17). The number of nitrogens with zero attached hydrogens (tertiary/aromatic N) is 1. The van der Waals surface area contributed by atoms with E-state index >= 15 is 0 Å². The molecule has 1 unspecified atom stereocenters. The number of piperidine rings is 1. The Labute approximate surface area is 112 Å². The molecule has 108 valence electrons. The van der Waals surface area contributed by atoms with Crippen LogP contribution in [0.15, 0.2) is 0 Å². The number of unbranched alkanes of at least 4 members (excludes halogenated alkanes) is 1. The zero-order chi connectivity index (χ0) is 14.3. The first kappa shape index (κ1) is 15.3. The lowest BCUT2D eigenvalue weighted by Crippen LogP contribution is -2.53. The normalized spacial score (nSPS) is 18.9. The summed E-state index contributed by atoms with van der Waals surface area (Å²) >= 11 is 0. The van der Waals surface area contributed by atoms with Gasteiger partial charge in [0.1, 0.15) is 6.04 Å². The number of urea groups is 1. The van der Waals surface area contributed by atoms with Gasteiger partial charge in [-0.3, -0.25) is 9.59 Å². The van der Waals surface area contributed by atoms with Gasteiger partial charge >= 0.3 is 12.0 Å². The first-order chi connectivity index (χ1) is 9.02. The topological polar surface area (TPSA) is 113 Å². The van der Waals surface area contributed by atoms with Crippen LogP contribution in [-0.4, -0.2) is 47.0 Å². The van der Waals surface area contributed by atoms with E-state index in [9.17, 15) is 14.4 Å². The molecule has 1 rings (SSSR count). The molecule has 0 aromatic carbocycles. The lowest BCUT2D eigenvalue weighted by Gasteiger charge is -2.33. The van der Waals surface area contributed by atoms with E-state index < -0.39 is 17.9 Å². The molecule has 1 heterocycles. The monoisotopic (exact) mass is 271 g/mol. The fraction of sp³-hybridized carbons (Fsp3) is 0.750. The highest BCUT2D eigenvalue weighted by atomic mass is 16.4. The number of primary amides is 1. The van der Waals surface area contributed by atoms with Crippen molar-refractivity contribution < 1.29 is 19.5 Å². The minimum Gasteiger partial charge on any atom is -0.481 e. The van der Waals surface area contributed by atoms with Gasteiger partial charge in [-0.15, -0.1) is 0 Å². The second kappa shape index (κ2) is 7.60. The van der Waals surface area contributed by atoms with Crippen LogP contribution in [0.3, 0.4) is 0 Å². The molecule has 4 N–H and O–H groups in total. The van der Waals surface area contributed by atoms with Gasteiger partial charge in [-0.05, 0) is 32.1 Å². The van der Waals surface area contributed by atoms with E-state index in [0.717, 1.165) is 12.8 Å². The Balaban J connectivity index is 2.30. The number of carbonyl (C=O) groups is 3. The summed E-state index contributed by atoms with van der Waals surface area (Å²) in [6.07, 6.45) is 3.61. The summed E-state index contributed by atoms with van der Waals surface area (Å²) in [6, 6.07) is -0.813. The Hall–Kier alpha value is -1.79. The van der Waals surface area contributed by atoms with Crippen molar-refractivity contribution in [1.29, 1.82) is 0 Å². The molecule has 0 aromatic heterocycles. The molecule has 1 aliphatic heterocycles. The van der Waals surface area contributed by atoms with Crippen LogP contribution in [0, 0.1) is 0 Å². The van der Waals surface area contributed by atoms with Gasteiger partial charge in [0, 0.05) is 19.5 Å². The van der Waals surface area contributed by atoms with E-state index in [1.165, 1.54) is 4.90 Å². The summed E-state index contributed by atoms with van der Waals surface area (Å²) < 4.78 is 0. The zero-order valence-electron chi connectivity index (χ0n) is 10.9. The average Bonchev–Trinajstić information content (AvgIpc) is 2.37. The highest BCUT2D eigenvalue weighted by Crippen LogP contribution is 2.16. The van der Waals surface area contributed by atoms with Crippen LogP contribution in [0.25, 0.3) is 0 Å². The zero-order valence-corrected chi connectivity index (χ0v) is 10.9. The number of likely N-dealkylation sites (tertiary alicyclic amines) is 1. The molecule has 7 nitrogen and oxygen atoms in total. The summed E-state index contributed by atoms with van der Waals surface area (Å²) in [7, 11) is 0. The number of carboxylic acids is 1. The molecule has 0 aliphatic carbocycles. The van der Waals surface area contributed by atoms with Crippen LogP contribution in [0.5, 0.6) is 0 Å². The number of rotatable bonds is 6. The van der Waals surface area contributed by atoms with Crippen molar-refractivity contribution in [2.24, 2.45) is 5.73 Å². The van der Waals surface area contributed by atoms with Gasteiger partial charge in [-0.25, -0.2) is 4.79 Å². The fourth-order valence-electron chi connectivity index (χ4n) is 2.17. The molecule has 19 heavy (non-hydrogen) atoms. The van der Waals surface area contributed by atoms with Gasteiger partial charge < -0.3 is 21.1 Å². The molecular weight excluding hydrogens is 250 g/mol. The van der Waals surface area contributed by atoms with E-state index in [1.54, 1.807) is 0 Å². The fourth-order valence-corrected chi connectivity index (χ4v) is 2.17. The smallest absolute Gasteiger partial charge is 0.318 e. The maximum atomic E-state index is 11.9. The van der Waals surface area contributed by atoms with E-state index in [2.05, 4.69) is 5.32 Å². The van der Waals surface area contributed by atoms with E-state index in [0.29, 0.717) is 32.4 Å². The van der Waals surface area contributed by atoms with Crippen molar-refractivity contribution in [3.63, 3.8) is 0 Å². The van der Waals surface area contributed by atoms with Crippen LogP contribution in [0.4, 0.5) is 4.79 Å². The minimum absolute atomic E-state index is 0.101. The third-order valence-electron chi connectivity index (χ3n) is 3.19. The molecule has 0 spiro atoms. The van der Waals surface area contributed by atoms with E-state index in [1.807, 2.05) is 0 Å². The van der Waals surface area contributed by atoms with Gasteiger partial charge in [-0.2, -0.15) is 0 Å². The maximum Gasteiger partial charge on any atom is 0.318 e. The quantitative estimate of drug-likeness (QED) is 0.602. The number of nitrogens with one attached hydrogen (secondary N) is 1. The van der Waals surface area contributed by atoms with Gasteiger partial charge in [0.2, 0.25) is 5.91 Å². The lowest BCUT2D eigenvalue weighted by molar-refractivity contribution is -0.137. The number of amides is 3. The number of hydrogen-bond donors (Lipinski definition) is 3. The van der Waals surface area contributed by atoms with Crippen LogP contribution in [0.2, 0.25) is 0 Å². The summed E-state index contributed by atoms with van der Waals surface area (Å²) in [4.78, 5) is 34.9. The Morgan fingerprint density at radius 1 is 1.26 bits per heavy atom. The third-order valence-corrected chi connectivity index (χ3v) is 3.19. The Bertz CT molecular complexity index is 346.